The molecule has 3 saturated carbocycles. The molecule has 4 aliphatic carbocycles. The Hall–Kier alpha value is -0.340. The first-order valence-electron chi connectivity index (χ1n) is 8.92. The predicted molar refractivity (Wildman–Crippen MR) is 87.7 cm³/mol. The largest absolute Gasteiger partial charge is 0.393 e. The van der Waals surface area contributed by atoms with Gasteiger partial charge in [0.05, 0.1) is 11.5 Å². The van der Waals surface area contributed by atoms with Gasteiger partial charge in [-0.2, -0.15) is 0 Å². The Morgan fingerprint density at radius 3 is 2.68 bits per heavy atom. The van der Waals surface area contributed by atoms with Crippen molar-refractivity contribution in [2.24, 2.45) is 28.6 Å². The molecule has 4 rings (SSSR count). The van der Waals surface area contributed by atoms with Gasteiger partial charge in [-0.15, -0.1) is 11.6 Å². The number of carbonyl (C=O) groups is 1. The fraction of sp³-hybridized carbons (Fsp3) is 0.842. The van der Waals surface area contributed by atoms with E-state index in [1.54, 1.807) is 0 Å². The SMILES string of the molecule is C[C@]12CCC(O)CC1=CC[C@@H]1[C@H]2CC[C@]2(C)C(=O)C(Cl)C[C@@H]12. The first-order valence-corrected chi connectivity index (χ1v) is 9.36. The summed E-state index contributed by atoms with van der Waals surface area (Å²) in [5, 5.41) is 9.75. The van der Waals surface area contributed by atoms with Crippen LogP contribution >= 0.6 is 11.6 Å². The van der Waals surface area contributed by atoms with Gasteiger partial charge in [0.1, 0.15) is 0 Å². The second-order valence-corrected chi connectivity index (χ2v) is 9.21. The summed E-state index contributed by atoms with van der Waals surface area (Å²) in [6.07, 6.45) is 9.26. The van der Waals surface area contributed by atoms with E-state index in [1.165, 1.54) is 5.57 Å². The van der Waals surface area contributed by atoms with Gasteiger partial charge < -0.3 is 5.11 Å². The highest BCUT2D eigenvalue weighted by Crippen LogP contribution is 2.64. The highest BCUT2D eigenvalue weighted by molar-refractivity contribution is 6.32. The van der Waals surface area contributed by atoms with Crippen molar-refractivity contribution in [3.8, 4) is 0 Å². The number of aliphatic hydroxyl groups excluding tert-OH is 1. The number of halogens is 1. The zero-order valence-corrected chi connectivity index (χ0v) is 14.4. The fourth-order valence-corrected chi connectivity index (χ4v) is 6.83. The van der Waals surface area contributed by atoms with Crippen molar-refractivity contribution in [2.45, 2.75) is 70.3 Å². The van der Waals surface area contributed by atoms with E-state index in [9.17, 15) is 9.90 Å². The van der Waals surface area contributed by atoms with Gasteiger partial charge in [0, 0.05) is 5.41 Å². The molecule has 2 unspecified atom stereocenters. The van der Waals surface area contributed by atoms with E-state index in [4.69, 9.17) is 11.6 Å². The third kappa shape index (κ3) is 1.86. The molecule has 3 fully saturated rings. The summed E-state index contributed by atoms with van der Waals surface area (Å²) in [5.74, 6) is 2.04. The Balaban J connectivity index is 1.70. The zero-order chi connectivity index (χ0) is 15.7. The lowest BCUT2D eigenvalue weighted by Crippen LogP contribution is -2.50. The topological polar surface area (TPSA) is 37.3 Å². The average Bonchev–Trinajstić information content (AvgIpc) is 2.72. The number of rotatable bonds is 0. The van der Waals surface area contributed by atoms with Crippen LogP contribution < -0.4 is 0 Å². The van der Waals surface area contributed by atoms with Crippen LogP contribution in [0.3, 0.4) is 0 Å². The maximum atomic E-state index is 12.6. The molecule has 0 aromatic rings. The number of Topliss-reactive ketones (excluding diaryl/α,β-unsaturated/α-hetero) is 1. The minimum absolute atomic E-state index is 0.148. The highest BCUT2D eigenvalue weighted by Gasteiger charge is 2.60. The predicted octanol–water partition coefficient (Wildman–Crippen LogP) is 4.10. The molecule has 0 aromatic carbocycles. The first kappa shape index (κ1) is 15.2. The van der Waals surface area contributed by atoms with Gasteiger partial charge in [0.25, 0.3) is 0 Å². The zero-order valence-electron chi connectivity index (χ0n) is 13.6. The van der Waals surface area contributed by atoms with Crippen molar-refractivity contribution in [2.75, 3.05) is 0 Å². The Kier molecular flexibility index (Phi) is 3.34. The standard InChI is InChI=1S/C19H27ClO2/c1-18-7-5-12(21)9-11(18)3-4-13-14(18)6-8-19(2)15(13)10-16(20)17(19)22/h3,12-16,21H,4-10H2,1-2H3/t12?,13-,14-,15+,16?,18+,19+/m1/s1. The molecule has 1 N–H and O–H groups in total. The number of ketones is 1. The van der Waals surface area contributed by atoms with Crippen LogP contribution in [-0.2, 0) is 4.79 Å². The van der Waals surface area contributed by atoms with Crippen LogP contribution in [0.5, 0.6) is 0 Å². The number of alkyl halides is 1. The van der Waals surface area contributed by atoms with Crippen molar-refractivity contribution < 1.29 is 9.90 Å². The summed E-state index contributed by atoms with van der Waals surface area (Å²) >= 11 is 6.35. The molecule has 22 heavy (non-hydrogen) atoms. The fourth-order valence-electron chi connectivity index (χ4n) is 6.39. The van der Waals surface area contributed by atoms with Gasteiger partial charge in [-0.25, -0.2) is 0 Å². The molecule has 0 spiro atoms. The van der Waals surface area contributed by atoms with E-state index in [0.717, 1.165) is 44.9 Å². The van der Waals surface area contributed by atoms with Crippen molar-refractivity contribution in [1.29, 1.82) is 0 Å². The second-order valence-electron chi connectivity index (χ2n) is 8.68. The Morgan fingerprint density at radius 1 is 1.18 bits per heavy atom. The number of fused-ring (bicyclic) bond motifs is 5. The van der Waals surface area contributed by atoms with E-state index >= 15 is 0 Å². The molecule has 0 aliphatic heterocycles. The summed E-state index contributed by atoms with van der Waals surface area (Å²) in [6.45, 7) is 4.59. The summed E-state index contributed by atoms with van der Waals surface area (Å²) in [7, 11) is 0. The second kappa shape index (κ2) is 4.83. The van der Waals surface area contributed by atoms with Crippen LogP contribution in [0.25, 0.3) is 0 Å². The van der Waals surface area contributed by atoms with Crippen LogP contribution in [0.4, 0.5) is 0 Å². The Morgan fingerprint density at radius 2 is 1.91 bits per heavy atom. The molecule has 2 nitrogen and oxygen atoms in total. The van der Waals surface area contributed by atoms with E-state index in [0.29, 0.717) is 23.5 Å². The smallest absolute Gasteiger partial charge is 0.156 e. The lowest BCUT2D eigenvalue weighted by molar-refractivity contribution is -0.131. The van der Waals surface area contributed by atoms with Crippen LogP contribution in [0, 0.1) is 28.6 Å². The van der Waals surface area contributed by atoms with Gasteiger partial charge in [-0.05, 0) is 68.1 Å². The molecule has 0 amide bonds. The van der Waals surface area contributed by atoms with Crippen molar-refractivity contribution in [3.63, 3.8) is 0 Å². The Bertz CT molecular complexity index is 542. The van der Waals surface area contributed by atoms with Crippen LogP contribution in [0.15, 0.2) is 11.6 Å². The van der Waals surface area contributed by atoms with Gasteiger partial charge in [0.2, 0.25) is 0 Å². The number of carbonyl (C=O) groups excluding carboxylic acids is 1. The minimum Gasteiger partial charge on any atom is -0.393 e. The number of hydrogen-bond acceptors (Lipinski definition) is 2. The van der Waals surface area contributed by atoms with Gasteiger partial charge in [-0.3, -0.25) is 4.79 Å². The summed E-state index contributed by atoms with van der Waals surface area (Å²) in [5.41, 5.74) is 1.56. The summed E-state index contributed by atoms with van der Waals surface area (Å²) < 4.78 is 0. The Labute approximate surface area is 138 Å². The van der Waals surface area contributed by atoms with Crippen molar-refractivity contribution in [1.82, 2.24) is 0 Å². The highest BCUT2D eigenvalue weighted by atomic mass is 35.5. The minimum atomic E-state index is -0.264. The first-order chi connectivity index (χ1) is 10.4. The number of allylic oxidation sites excluding steroid dienone is 1. The van der Waals surface area contributed by atoms with E-state index in [2.05, 4.69) is 19.9 Å². The normalized spacial score (nSPS) is 54.3. The third-order valence-electron chi connectivity index (χ3n) is 7.78. The maximum Gasteiger partial charge on any atom is 0.156 e. The van der Waals surface area contributed by atoms with Gasteiger partial charge in [-0.1, -0.05) is 25.5 Å². The molecule has 0 saturated heterocycles. The van der Waals surface area contributed by atoms with Gasteiger partial charge in [0.15, 0.2) is 5.78 Å². The molecule has 0 aromatic heterocycles. The number of hydrogen-bond donors (Lipinski definition) is 1. The molecular weight excluding hydrogens is 296 g/mol. The van der Waals surface area contributed by atoms with Crippen LogP contribution in [0.1, 0.15) is 58.8 Å². The van der Waals surface area contributed by atoms with Crippen LogP contribution in [-0.4, -0.2) is 22.4 Å². The molecule has 122 valence electrons. The third-order valence-corrected chi connectivity index (χ3v) is 8.15. The van der Waals surface area contributed by atoms with Crippen LogP contribution in [0.2, 0.25) is 0 Å². The number of aliphatic hydroxyl groups is 1. The van der Waals surface area contributed by atoms with Gasteiger partial charge >= 0.3 is 0 Å². The lowest BCUT2D eigenvalue weighted by Gasteiger charge is -2.56. The quantitative estimate of drug-likeness (QED) is 0.538. The molecule has 0 heterocycles. The van der Waals surface area contributed by atoms with E-state index in [1.807, 2.05) is 0 Å². The molecule has 3 heteroatoms. The summed E-state index contributed by atoms with van der Waals surface area (Å²) in [4.78, 5) is 12.6. The van der Waals surface area contributed by atoms with Crippen molar-refractivity contribution in [3.05, 3.63) is 11.6 Å². The molecule has 0 bridgehead atoms. The summed E-state index contributed by atoms with van der Waals surface area (Å²) in [6, 6.07) is 0. The molecule has 0 radical (unpaired) electrons. The lowest BCUT2D eigenvalue weighted by atomic mass is 9.48. The maximum absolute atomic E-state index is 12.6. The van der Waals surface area contributed by atoms with E-state index in [-0.39, 0.29) is 22.3 Å². The monoisotopic (exact) mass is 322 g/mol. The van der Waals surface area contributed by atoms with E-state index < -0.39 is 0 Å². The molecular formula is C19H27ClO2. The molecule has 7 atom stereocenters. The molecule has 4 aliphatic rings. The average molecular weight is 323 g/mol. The van der Waals surface area contributed by atoms with Crippen molar-refractivity contribution >= 4 is 17.4 Å².